The van der Waals surface area contributed by atoms with Gasteiger partial charge >= 0.3 is 0 Å². The molecule has 3 heterocycles. The van der Waals surface area contributed by atoms with E-state index < -0.39 is 23.3 Å². The van der Waals surface area contributed by atoms with Crippen LogP contribution in [0.4, 0.5) is 17.6 Å². The molecule has 2 atom stereocenters. The van der Waals surface area contributed by atoms with Crippen LogP contribution < -0.4 is 4.74 Å². The third kappa shape index (κ3) is 4.83. The molecule has 2 aliphatic heterocycles. The predicted molar refractivity (Wildman–Crippen MR) is 131 cm³/mol. The van der Waals surface area contributed by atoms with Gasteiger partial charge in [0.15, 0.2) is 0 Å². The minimum atomic E-state index is -1.56. The van der Waals surface area contributed by atoms with Gasteiger partial charge in [0.05, 0.1) is 24.4 Å². The molecule has 0 bridgehead atoms. The highest BCUT2D eigenvalue weighted by molar-refractivity contribution is 5.83. The number of likely N-dealkylation sites (tertiary alicyclic amines) is 1. The number of alkyl halides is 2. The van der Waals surface area contributed by atoms with Crippen LogP contribution in [0.25, 0.3) is 10.9 Å². The number of ether oxygens (including phenoxy) is 1. The highest BCUT2D eigenvalue weighted by Crippen LogP contribution is 2.43. The molecule has 36 heavy (non-hydrogen) atoms. The molecule has 1 aromatic heterocycles. The molecule has 0 spiro atoms. The molecule has 5 rings (SSSR count). The molecule has 1 N–H and O–H groups in total. The van der Waals surface area contributed by atoms with Gasteiger partial charge in [0, 0.05) is 61.2 Å². The number of nitrogens with one attached hydrogen (secondary N) is 1. The fourth-order valence-electron chi connectivity index (χ4n) is 5.58. The van der Waals surface area contributed by atoms with E-state index in [1.165, 1.54) is 26.0 Å². The fourth-order valence-corrected chi connectivity index (χ4v) is 5.58. The summed E-state index contributed by atoms with van der Waals surface area (Å²) < 4.78 is 64.4. The lowest BCUT2D eigenvalue weighted by molar-refractivity contribution is 0.0647. The Balaban J connectivity index is 1.47. The van der Waals surface area contributed by atoms with E-state index in [0.29, 0.717) is 26.1 Å². The zero-order valence-corrected chi connectivity index (χ0v) is 20.8. The molecule has 1 fully saturated rings. The first kappa shape index (κ1) is 25.0. The van der Waals surface area contributed by atoms with Gasteiger partial charge in [-0.15, -0.1) is 0 Å². The van der Waals surface area contributed by atoms with Crippen LogP contribution in [0.3, 0.4) is 0 Å². The Morgan fingerprint density at radius 1 is 1.17 bits per heavy atom. The normalized spacial score (nSPS) is 21.5. The van der Waals surface area contributed by atoms with Gasteiger partial charge in [-0.3, -0.25) is 19.3 Å². The Kier molecular flexibility index (Phi) is 6.72. The number of halogens is 4. The topological polar surface area (TPSA) is 44.4 Å². The van der Waals surface area contributed by atoms with E-state index in [4.69, 9.17) is 4.74 Å². The zero-order valence-electron chi connectivity index (χ0n) is 20.8. The number of fused-ring (bicyclic) bond motifs is 3. The molecule has 2 aromatic carbocycles. The SMILES string of the molecule is C[C@@H]1Cc2c(ccc3[nH]ncc23)[C@@H](c2c(F)cc(OCCN3CC(CF)C3)cc2F)N1CC(C)(C)F. The van der Waals surface area contributed by atoms with Crippen molar-refractivity contribution in [3.8, 4) is 5.75 Å². The Bertz CT molecular complexity index is 1210. The molecule has 0 radical (unpaired) electrons. The number of benzene rings is 2. The number of aromatic amines is 1. The molecule has 0 amide bonds. The molecular weight excluding hydrogens is 472 g/mol. The first-order chi connectivity index (χ1) is 17.1. The third-order valence-corrected chi connectivity index (χ3v) is 7.28. The number of rotatable bonds is 8. The monoisotopic (exact) mass is 504 g/mol. The van der Waals surface area contributed by atoms with Crippen molar-refractivity contribution in [3.63, 3.8) is 0 Å². The molecular formula is C27H32F4N4O. The van der Waals surface area contributed by atoms with Crippen LogP contribution in [0.15, 0.2) is 30.5 Å². The predicted octanol–water partition coefficient (Wildman–Crippen LogP) is 5.21. The number of H-pyrrole nitrogens is 1. The maximum absolute atomic E-state index is 15.6. The van der Waals surface area contributed by atoms with E-state index in [-0.39, 0.29) is 43.1 Å². The van der Waals surface area contributed by atoms with Crippen LogP contribution in [-0.4, -0.2) is 71.2 Å². The Hall–Kier alpha value is -2.65. The second-order valence-corrected chi connectivity index (χ2v) is 10.7. The van der Waals surface area contributed by atoms with E-state index in [2.05, 4.69) is 10.2 Å². The molecule has 0 saturated carbocycles. The Morgan fingerprint density at radius 2 is 1.89 bits per heavy atom. The molecule has 3 aromatic rings. The van der Waals surface area contributed by atoms with Crippen LogP contribution in [0.2, 0.25) is 0 Å². The summed E-state index contributed by atoms with van der Waals surface area (Å²) in [4.78, 5) is 3.89. The molecule has 0 unspecified atom stereocenters. The lowest BCUT2D eigenvalue weighted by atomic mass is 9.82. The van der Waals surface area contributed by atoms with Crippen molar-refractivity contribution in [2.75, 3.05) is 39.5 Å². The van der Waals surface area contributed by atoms with Crippen LogP contribution >= 0.6 is 0 Å². The second-order valence-electron chi connectivity index (χ2n) is 10.7. The van der Waals surface area contributed by atoms with Gasteiger partial charge in [-0.05, 0) is 44.4 Å². The maximum Gasteiger partial charge on any atom is 0.134 e. The summed E-state index contributed by atoms with van der Waals surface area (Å²) in [5, 5.41) is 7.99. The smallest absolute Gasteiger partial charge is 0.134 e. The van der Waals surface area contributed by atoms with Gasteiger partial charge in [-0.25, -0.2) is 13.2 Å². The van der Waals surface area contributed by atoms with Crippen molar-refractivity contribution < 1.29 is 22.3 Å². The largest absolute Gasteiger partial charge is 0.492 e. The first-order valence-electron chi connectivity index (χ1n) is 12.4. The summed E-state index contributed by atoms with van der Waals surface area (Å²) in [6.07, 6.45) is 2.34. The Morgan fingerprint density at radius 3 is 2.56 bits per heavy atom. The number of nitrogens with zero attached hydrogens (tertiary/aromatic N) is 3. The van der Waals surface area contributed by atoms with Crippen LogP contribution in [-0.2, 0) is 6.42 Å². The van der Waals surface area contributed by atoms with E-state index in [0.717, 1.165) is 22.0 Å². The quantitative estimate of drug-likeness (QED) is 0.428. The standard InChI is InChI=1S/C27H32F4N4O/c1-16-8-20-19(4-5-24-21(20)12-32-33-24)26(35(16)15-27(2,3)31)25-22(29)9-18(10-23(25)30)36-7-6-34-13-17(11-28)14-34/h4-5,9-10,12,16-17,26H,6-8,11,13-15H2,1-3H3,(H,32,33)/t16-,26+/m1/s1. The fraction of sp³-hybridized carbons (Fsp3) is 0.519. The molecule has 5 nitrogen and oxygen atoms in total. The van der Waals surface area contributed by atoms with Gasteiger partial charge in [-0.1, -0.05) is 6.07 Å². The summed E-state index contributed by atoms with van der Waals surface area (Å²) >= 11 is 0. The number of hydrogen-bond acceptors (Lipinski definition) is 4. The molecule has 0 aliphatic carbocycles. The third-order valence-electron chi connectivity index (χ3n) is 7.28. The summed E-state index contributed by atoms with van der Waals surface area (Å²) in [5.41, 5.74) is 0.891. The van der Waals surface area contributed by atoms with E-state index >= 15 is 8.78 Å². The van der Waals surface area contributed by atoms with Crippen molar-refractivity contribution in [1.29, 1.82) is 0 Å². The van der Waals surface area contributed by atoms with E-state index in [1.54, 1.807) is 6.20 Å². The van der Waals surface area contributed by atoms with Gasteiger partial charge in [-0.2, -0.15) is 5.10 Å². The second kappa shape index (κ2) is 9.67. The van der Waals surface area contributed by atoms with Gasteiger partial charge < -0.3 is 4.74 Å². The number of aromatic nitrogens is 2. The molecule has 1 saturated heterocycles. The van der Waals surface area contributed by atoms with Crippen molar-refractivity contribution in [2.24, 2.45) is 5.92 Å². The van der Waals surface area contributed by atoms with Gasteiger partial charge in [0.25, 0.3) is 0 Å². The minimum absolute atomic E-state index is 0.0224. The van der Waals surface area contributed by atoms with Crippen molar-refractivity contribution in [1.82, 2.24) is 20.0 Å². The molecule has 2 aliphatic rings. The Labute approximate surface area is 208 Å². The summed E-state index contributed by atoms with van der Waals surface area (Å²) in [6.45, 7) is 6.76. The lowest BCUT2D eigenvalue weighted by Crippen LogP contribution is -2.49. The summed E-state index contributed by atoms with van der Waals surface area (Å²) in [7, 11) is 0. The highest BCUT2D eigenvalue weighted by Gasteiger charge is 2.40. The minimum Gasteiger partial charge on any atom is -0.492 e. The lowest BCUT2D eigenvalue weighted by Gasteiger charge is -2.44. The maximum atomic E-state index is 15.6. The van der Waals surface area contributed by atoms with Crippen LogP contribution in [0, 0.1) is 17.6 Å². The highest BCUT2D eigenvalue weighted by atomic mass is 19.1. The molecule has 194 valence electrons. The van der Waals surface area contributed by atoms with Crippen molar-refractivity contribution in [3.05, 3.63) is 58.8 Å². The van der Waals surface area contributed by atoms with Gasteiger partial charge in [0.1, 0.15) is 29.7 Å². The van der Waals surface area contributed by atoms with Crippen LogP contribution in [0.1, 0.15) is 43.5 Å². The van der Waals surface area contributed by atoms with Gasteiger partial charge in [0.2, 0.25) is 0 Å². The molecule has 9 heteroatoms. The number of hydrogen-bond donors (Lipinski definition) is 1. The van der Waals surface area contributed by atoms with Crippen molar-refractivity contribution in [2.45, 2.75) is 44.9 Å². The summed E-state index contributed by atoms with van der Waals surface area (Å²) in [5.74, 6) is -1.29. The van der Waals surface area contributed by atoms with E-state index in [9.17, 15) is 8.78 Å². The van der Waals surface area contributed by atoms with Crippen molar-refractivity contribution >= 4 is 10.9 Å². The first-order valence-corrected chi connectivity index (χ1v) is 12.4. The van der Waals surface area contributed by atoms with Crippen LogP contribution in [0.5, 0.6) is 5.75 Å². The average molecular weight is 505 g/mol. The average Bonchev–Trinajstić information content (AvgIpc) is 3.25. The zero-order chi connectivity index (χ0) is 25.6. The van der Waals surface area contributed by atoms with E-state index in [1.807, 2.05) is 28.9 Å². The summed E-state index contributed by atoms with van der Waals surface area (Å²) in [6, 6.07) is 5.15.